The molecule has 17 heavy (non-hydrogen) atoms. The molecule has 1 N–H and O–H groups in total. The van der Waals surface area contributed by atoms with Crippen LogP contribution < -0.4 is 10.2 Å². The highest BCUT2D eigenvalue weighted by Crippen LogP contribution is 2.30. The van der Waals surface area contributed by atoms with Gasteiger partial charge in [-0.15, -0.1) is 0 Å². The van der Waals surface area contributed by atoms with Crippen LogP contribution >= 0.6 is 15.9 Å². The van der Waals surface area contributed by atoms with Crippen LogP contribution in [0.3, 0.4) is 0 Å². The molecule has 0 spiro atoms. The van der Waals surface area contributed by atoms with E-state index in [0.717, 1.165) is 11.8 Å². The van der Waals surface area contributed by atoms with Crippen molar-refractivity contribution in [1.82, 2.24) is 5.32 Å². The van der Waals surface area contributed by atoms with Gasteiger partial charge in [-0.3, -0.25) is 0 Å². The first-order chi connectivity index (χ1) is 8.22. The first kappa shape index (κ1) is 11.5. The lowest BCUT2D eigenvalue weighted by atomic mass is 9.85. The number of hydrogen-bond donors (Lipinski definition) is 1. The van der Waals surface area contributed by atoms with E-state index >= 15 is 0 Å². The maximum atomic E-state index is 3.63. The molecule has 2 heterocycles. The number of rotatable bonds is 1. The van der Waals surface area contributed by atoms with Gasteiger partial charge in [0.2, 0.25) is 0 Å². The number of anilines is 1. The molecule has 2 aliphatic rings. The highest BCUT2D eigenvalue weighted by atomic mass is 79.9. The van der Waals surface area contributed by atoms with Crippen LogP contribution in [0.4, 0.5) is 5.69 Å². The second-order valence-corrected chi connectivity index (χ2v) is 6.32. The normalized spacial score (nSPS) is 28.2. The van der Waals surface area contributed by atoms with Gasteiger partial charge < -0.3 is 10.2 Å². The number of aryl methyl sites for hydroxylation is 1. The molecule has 2 unspecified atom stereocenters. The van der Waals surface area contributed by atoms with E-state index in [1.54, 1.807) is 0 Å². The SMILES string of the molecule is Cc1ccc(N2CC3CNCC(C3)C2)cc1Br. The molecule has 2 nitrogen and oxygen atoms in total. The first-order valence-corrected chi connectivity index (χ1v) is 7.23. The summed E-state index contributed by atoms with van der Waals surface area (Å²) in [5, 5.41) is 3.54. The van der Waals surface area contributed by atoms with Crippen LogP contribution in [-0.2, 0) is 0 Å². The summed E-state index contributed by atoms with van der Waals surface area (Å²) >= 11 is 3.63. The zero-order chi connectivity index (χ0) is 11.8. The Morgan fingerprint density at radius 3 is 2.59 bits per heavy atom. The summed E-state index contributed by atoms with van der Waals surface area (Å²) in [6.07, 6.45) is 1.41. The van der Waals surface area contributed by atoms with Crippen molar-refractivity contribution in [3.05, 3.63) is 28.2 Å². The van der Waals surface area contributed by atoms with Crippen LogP contribution in [0.25, 0.3) is 0 Å². The van der Waals surface area contributed by atoms with E-state index in [1.807, 2.05) is 0 Å². The van der Waals surface area contributed by atoms with Gasteiger partial charge in [0, 0.05) is 23.2 Å². The van der Waals surface area contributed by atoms with Crippen LogP contribution in [0.5, 0.6) is 0 Å². The molecule has 2 saturated heterocycles. The molecule has 2 atom stereocenters. The van der Waals surface area contributed by atoms with Crippen molar-refractivity contribution in [1.29, 1.82) is 0 Å². The Labute approximate surface area is 112 Å². The number of benzene rings is 1. The molecule has 92 valence electrons. The Morgan fingerprint density at radius 2 is 1.94 bits per heavy atom. The van der Waals surface area contributed by atoms with Gasteiger partial charge in [0.1, 0.15) is 0 Å². The minimum Gasteiger partial charge on any atom is -0.371 e. The van der Waals surface area contributed by atoms with E-state index in [4.69, 9.17) is 0 Å². The summed E-state index contributed by atoms with van der Waals surface area (Å²) in [5.41, 5.74) is 2.69. The number of piperidine rings is 2. The zero-order valence-corrected chi connectivity index (χ0v) is 11.8. The Hall–Kier alpha value is -0.540. The van der Waals surface area contributed by atoms with Gasteiger partial charge in [-0.25, -0.2) is 0 Å². The molecule has 1 aromatic carbocycles. The summed E-state index contributed by atoms with van der Waals surface area (Å²) in [6, 6.07) is 6.74. The molecule has 0 aromatic heterocycles. The molecule has 1 aromatic rings. The van der Waals surface area contributed by atoms with Crippen molar-refractivity contribution in [2.24, 2.45) is 11.8 Å². The average Bonchev–Trinajstić information content (AvgIpc) is 2.32. The largest absolute Gasteiger partial charge is 0.371 e. The second kappa shape index (κ2) is 4.62. The number of nitrogens with zero attached hydrogens (tertiary/aromatic N) is 1. The molecule has 0 aliphatic carbocycles. The summed E-state index contributed by atoms with van der Waals surface area (Å²) in [6.45, 7) is 6.95. The number of fused-ring (bicyclic) bond motifs is 2. The highest BCUT2D eigenvalue weighted by molar-refractivity contribution is 9.10. The molecule has 0 saturated carbocycles. The van der Waals surface area contributed by atoms with E-state index in [-0.39, 0.29) is 0 Å². The fraction of sp³-hybridized carbons (Fsp3) is 0.571. The van der Waals surface area contributed by atoms with Gasteiger partial charge in [-0.1, -0.05) is 22.0 Å². The molecule has 2 bridgehead atoms. The highest BCUT2D eigenvalue weighted by Gasteiger charge is 2.30. The molecule has 2 fully saturated rings. The minimum absolute atomic E-state index is 0.836. The van der Waals surface area contributed by atoms with Crippen molar-refractivity contribution in [3.63, 3.8) is 0 Å². The van der Waals surface area contributed by atoms with Crippen LogP contribution in [0.2, 0.25) is 0 Å². The van der Waals surface area contributed by atoms with Gasteiger partial charge in [-0.2, -0.15) is 0 Å². The van der Waals surface area contributed by atoms with Crippen LogP contribution in [0.1, 0.15) is 12.0 Å². The molecule has 0 amide bonds. The average molecular weight is 295 g/mol. The number of hydrogen-bond acceptors (Lipinski definition) is 2. The summed E-state index contributed by atoms with van der Waals surface area (Å²) in [5.74, 6) is 1.67. The third-order valence-electron chi connectivity index (χ3n) is 4.01. The minimum atomic E-state index is 0.836. The Balaban J connectivity index is 1.81. The van der Waals surface area contributed by atoms with Gasteiger partial charge in [0.05, 0.1) is 0 Å². The Kier molecular flexibility index (Phi) is 3.14. The number of halogens is 1. The maximum absolute atomic E-state index is 3.63. The quantitative estimate of drug-likeness (QED) is 0.857. The summed E-state index contributed by atoms with van der Waals surface area (Å²) < 4.78 is 1.23. The lowest BCUT2D eigenvalue weighted by Gasteiger charge is -2.43. The monoisotopic (exact) mass is 294 g/mol. The lowest BCUT2D eigenvalue weighted by Crippen LogP contribution is -2.51. The van der Waals surface area contributed by atoms with Crippen LogP contribution in [0.15, 0.2) is 22.7 Å². The third kappa shape index (κ3) is 2.36. The first-order valence-electron chi connectivity index (χ1n) is 6.44. The smallest absolute Gasteiger partial charge is 0.0377 e. The van der Waals surface area contributed by atoms with Gasteiger partial charge >= 0.3 is 0 Å². The maximum Gasteiger partial charge on any atom is 0.0377 e. The fourth-order valence-corrected chi connectivity index (χ4v) is 3.46. The molecule has 3 rings (SSSR count). The lowest BCUT2D eigenvalue weighted by molar-refractivity contribution is 0.250. The van der Waals surface area contributed by atoms with E-state index in [0.29, 0.717) is 0 Å². The van der Waals surface area contributed by atoms with Crippen molar-refractivity contribution in [2.75, 3.05) is 31.1 Å². The van der Waals surface area contributed by atoms with E-state index in [2.05, 4.69) is 51.3 Å². The Morgan fingerprint density at radius 1 is 1.24 bits per heavy atom. The predicted molar refractivity (Wildman–Crippen MR) is 75.6 cm³/mol. The zero-order valence-electron chi connectivity index (χ0n) is 10.2. The molecular formula is C14H19BrN2. The van der Waals surface area contributed by atoms with Crippen LogP contribution in [-0.4, -0.2) is 26.2 Å². The standard InChI is InChI=1S/C14H19BrN2/c1-10-2-3-13(5-14(10)15)17-8-11-4-12(9-17)7-16-6-11/h2-3,5,11-12,16H,4,6-9H2,1H3. The van der Waals surface area contributed by atoms with Gasteiger partial charge in [0.15, 0.2) is 0 Å². The predicted octanol–water partition coefficient (Wildman–Crippen LogP) is 2.80. The third-order valence-corrected chi connectivity index (χ3v) is 4.86. The molecule has 3 heteroatoms. The van der Waals surface area contributed by atoms with Gasteiger partial charge in [-0.05, 0) is 56.0 Å². The van der Waals surface area contributed by atoms with Crippen LogP contribution in [0, 0.1) is 18.8 Å². The van der Waals surface area contributed by atoms with Crippen molar-refractivity contribution in [3.8, 4) is 0 Å². The van der Waals surface area contributed by atoms with Crippen molar-refractivity contribution < 1.29 is 0 Å². The number of nitrogens with one attached hydrogen (secondary N) is 1. The van der Waals surface area contributed by atoms with Crippen molar-refractivity contribution >= 4 is 21.6 Å². The van der Waals surface area contributed by atoms with E-state index < -0.39 is 0 Å². The summed E-state index contributed by atoms with van der Waals surface area (Å²) in [4.78, 5) is 2.56. The second-order valence-electron chi connectivity index (χ2n) is 5.46. The van der Waals surface area contributed by atoms with E-state index in [1.165, 1.54) is 48.3 Å². The van der Waals surface area contributed by atoms with Crippen molar-refractivity contribution in [2.45, 2.75) is 13.3 Å². The Bertz CT molecular complexity index is 407. The summed E-state index contributed by atoms with van der Waals surface area (Å²) in [7, 11) is 0. The molecule has 0 radical (unpaired) electrons. The molecule has 2 aliphatic heterocycles. The van der Waals surface area contributed by atoms with Gasteiger partial charge in [0.25, 0.3) is 0 Å². The molecular weight excluding hydrogens is 276 g/mol. The topological polar surface area (TPSA) is 15.3 Å². The fourth-order valence-electron chi connectivity index (χ4n) is 3.09. The van der Waals surface area contributed by atoms with E-state index in [9.17, 15) is 0 Å².